The molecule has 6 heteroatoms. The molecule has 138 valence electrons. The molecule has 1 aliphatic rings. The zero-order valence-corrected chi connectivity index (χ0v) is 15.9. The number of aliphatic imine (C=N–C) groups is 1. The molecule has 0 bridgehead atoms. The minimum atomic E-state index is -0.0247. The van der Waals surface area contributed by atoms with Crippen LogP contribution in [-0.2, 0) is 9.53 Å². The minimum absolute atomic E-state index is 0.0247. The fourth-order valence-corrected chi connectivity index (χ4v) is 2.87. The van der Waals surface area contributed by atoms with Crippen molar-refractivity contribution in [3.05, 3.63) is 12.7 Å². The van der Waals surface area contributed by atoms with Crippen LogP contribution in [0.2, 0.25) is 0 Å². The standard InChI is InChI=1S/C18H34N4O2/c1-7-10-19-17(21-13-15(23)22(5)6)20-12-14-9-8-11-24-16(14)18(2,3)4/h7,14,16H,1,8-13H2,2-6H3,(H2,19,20,21). The highest BCUT2D eigenvalue weighted by Gasteiger charge is 2.35. The van der Waals surface area contributed by atoms with Crippen LogP contribution in [0.1, 0.15) is 33.6 Å². The molecule has 0 aliphatic carbocycles. The van der Waals surface area contributed by atoms with Gasteiger partial charge < -0.3 is 20.3 Å². The lowest BCUT2D eigenvalue weighted by Gasteiger charge is -2.40. The normalized spacial score (nSPS) is 22.0. The molecule has 1 fully saturated rings. The van der Waals surface area contributed by atoms with Gasteiger partial charge in [-0.15, -0.1) is 6.58 Å². The molecule has 6 nitrogen and oxygen atoms in total. The summed E-state index contributed by atoms with van der Waals surface area (Å²) < 4.78 is 6.02. The average Bonchev–Trinajstić information content (AvgIpc) is 2.53. The van der Waals surface area contributed by atoms with Crippen LogP contribution in [-0.4, -0.2) is 63.2 Å². The number of hydrogen-bond acceptors (Lipinski definition) is 3. The average molecular weight is 338 g/mol. The van der Waals surface area contributed by atoms with E-state index in [4.69, 9.17) is 4.74 Å². The third-order valence-electron chi connectivity index (χ3n) is 4.12. The molecule has 2 atom stereocenters. The zero-order chi connectivity index (χ0) is 18.2. The van der Waals surface area contributed by atoms with Gasteiger partial charge in [0.15, 0.2) is 5.96 Å². The molecular weight excluding hydrogens is 304 g/mol. The number of carbonyl (C=O) groups is 1. The largest absolute Gasteiger partial charge is 0.377 e. The third-order valence-corrected chi connectivity index (χ3v) is 4.12. The molecule has 1 saturated heterocycles. The lowest BCUT2D eigenvalue weighted by molar-refractivity contribution is -0.127. The maximum atomic E-state index is 11.7. The summed E-state index contributed by atoms with van der Waals surface area (Å²) in [6, 6.07) is 0. The van der Waals surface area contributed by atoms with Crippen LogP contribution < -0.4 is 10.6 Å². The first kappa shape index (κ1) is 20.5. The van der Waals surface area contributed by atoms with E-state index in [1.54, 1.807) is 25.1 Å². The van der Waals surface area contributed by atoms with Gasteiger partial charge in [0, 0.05) is 39.7 Å². The van der Waals surface area contributed by atoms with Gasteiger partial charge in [0.05, 0.1) is 6.10 Å². The highest BCUT2D eigenvalue weighted by Crippen LogP contribution is 2.33. The van der Waals surface area contributed by atoms with Crippen molar-refractivity contribution in [1.29, 1.82) is 0 Å². The molecule has 2 unspecified atom stereocenters. The van der Waals surface area contributed by atoms with E-state index in [-0.39, 0.29) is 24.0 Å². The Kier molecular flexibility index (Phi) is 8.25. The number of nitrogens with one attached hydrogen (secondary N) is 2. The van der Waals surface area contributed by atoms with Crippen LogP contribution in [0, 0.1) is 11.3 Å². The number of ether oxygens (including phenoxy) is 1. The Bertz CT molecular complexity index is 441. The van der Waals surface area contributed by atoms with E-state index in [0.717, 1.165) is 26.0 Å². The first-order valence-electron chi connectivity index (χ1n) is 8.70. The van der Waals surface area contributed by atoms with E-state index in [9.17, 15) is 4.79 Å². The van der Waals surface area contributed by atoms with E-state index in [0.29, 0.717) is 18.4 Å². The van der Waals surface area contributed by atoms with Gasteiger partial charge in [0.1, 0.15) is 6.54 Å². The molecule has 1 rings (SSSR count). The van der Waals surface area contributed by atoms with E-state index in [2.05, 4.69) is 43.0 Å². The fraction of sp³-hybridized carbons (Fsp3) is 0.778. The Morgan fingerprint density at radius 1 is 1.38 bits per heavy atom. The first-order chi connectivity index (χ1) is 11.3. The minimum Gasteiger partial charge on any atom is -0.377 e. The van der Waals surface area contributed by atoms with Crippen LogP contribution in [0.5, 0.6) is 0 Å². The van der Waals surface area contributed by atoms with Gasteiger partial charge in [-0.25, -0.2) is 4.99 Å². The fourth-order valence-electron chi connectivity index (χ4n) is 2.87. The lowest BCUT2D eigenvalue weighted by atomic mass is 9.78. The summed E-state index contributed by atoms with van der Waals surface area (Å²) in [7, 11) is 3.46. The molecule has 1 heterocycles. The van der Waals surface area contributed by atoms with Crippen molar-refractivity contribution in [1.82, 2.24) is 15.5 Å². The maximum Gasteiger partial charge on any atom is 0.243 e. The number of hydrogen-bond donors (Lipinski definition) is 2. The molecule has 0 aromatic carbocycles. The summed E-state index contributed by atoms with van der Waals surface area (Å²) in [4.78, 5) is 17.6. The second-order valence-electron chi connectivity index (χ2n) is 7.56. The molecule has 0 aromatic heterocycles. The summed E-state index contributed by atoms with van der Waals surface area (Å²) in [6.45, 7) is 12.7. The number of likely N-dealkylation sites (N-methyl/N-ethyl adjacent to an activating group) is 1. The highest BCUT2D eigenvalue weighted by atomic mass is 16.5. The number of nitrogens with zero attached hydrogens (tertiary/aromatic N) is 2. The Hall–Kier alpha value is -1.56. The Morgan fingerprint density at radius 2 is 2.08 bits per heavy atom. The second-order valence-corrected chi connectivity index (χ2v) is 7.56. The van der Waals surface area contributed by atoms with Gasteiger partial charge >= 0.3 is 0 Å². The van der Waals surface area contributed by atoms with E-state index >= 15 is 0 Å². The van der Waals surface area contributed by atoms with E-state index < -0.39 is 0 Å². The van der Waals surface area contributed by atoms with E-state index in [1.807, 2.05) is 0 Å². The first-order valence-corrected chi connectivity index (χ1v) is 8.70. The summed E-state index contributed by atoms with van der Waals surface area (Å²) in [5, 5.41) is 6.53. The summed E-state index contributed by atoms with van der Waals surface area (Å²) >= 11 is 0. The predicted octanol–water partition coefficient (Wildman–Crippen LogP) is 1.64. The molecule has 0 saturated carbocycles. The second kappa shape index (κ2) is 9.67. The van der Waals surface area contributed by atoms with Crippen molar-refractivity contribution in [2.24, 2.45) is 16.3 Å². The summed E-state index contributed by atoms with van der Waals surface area (Å²) in [6.07, 6.45) is 4.22. The monoisotopic (exact) mass is 338 g/mol. The van der Waals surface area contributed by atoms with E-state index in [1.165, 1.54) is 0 Å². The van der Waals surface area contributed by atoms with Gasteiger partial charge in [0.2, 0.25) is 5.91 Å². The number of rotatable bonds is 6. The topological polar surface area (TPSA) is 66.0 Å². The number of amides is 1. The highest BCUT2D eigenvalue weighted by molar-refractivity contribution is 5.84. The molecule has 0 aromatic rings. The Balaban J connectivity index is 2.66. The van der Waals surface area contributed by atoms with Crippen LogP contribution in [0.4, 0.5) is 0 Å². The molecule has 1 amide bonds. The zero-order valence-electron chi connectivity index (χ0n) is 15.9. The van der Waals surface area contributed by atoms with Gasteiger partial charge in [-0.05, 0) is 18.3 Å². The van der Waals surface area contributed by atoms with Crippen LogP contribution in [0.25, 0.3) is 0 Å². The van der Waals surface area contributed by atoms with Crippen molar-refractivity contribution in [3.63, 3.8) is 0 Å². The van der Waals surface area contributed by atoms with Gasteiger partial charge in [-0.3, -0.25) is 4.79 Å². The Morgan fingerprint density at radius 3 is 2.67 bits per heavy atom. The van der Waals surface area contributed by atoms with Crippen molar-refractivity contribution < 1.29 is 9.53 Å². The quantitative estimate of drug-likeness (QED) is 0.439. The molecule has 24 heavy (non-hydrogen) atoms. The molecule has 1 aliphatic heterocycles. The number of guanidine groups is 1. The molecular formula is C18H34N4O2. The molecule has 0 radical (unpaired) electrons. The van der Waals surface area contributed by atoms with Crippen molar-refractivity contribution >= 4 is 11.9 Å². The maximum absolute atomic E-state index is 11.7. The SMILES string of the molecule is C=CCNC(=NCC(=O)N(C)C)NCC1CCCOC1C(C)(C)C. The molecule has 0 spiro atoms. The Labute approximate surface area is 146 Å². The number of carbonyl (C=O) groups excluding carboxylic acids is 1. The van der Waals surface area contributed by atoms with Gasteiger partial charge in [-0.2, -0.15) is 0 Å². The third kappa shape index (κ3) is 6.91. The van der Waals surface area contributed by atoms with Crippen LogP contribution in [0.3, 0.4) is 0 Å². The van der Waals surface area contributed by atoms with Crippen molar-refractivity contribution in [2.45, 2.75) is 39.7 Å². The smallest absolute Gasteiger partial charge is 0.243 e. The lowest BCUT2D eigenvalue weighted by Crippen LogP contribution is -2.47. The summed E-state index contributed by atoms with van der Waals surface area (Å²) in [5.41, 5.74) is 0.111. The predicted molar refractivity (Wildman–Crippen MR) is 99.1 cm³/mol. The van der Waals surface area contributed by atoms with Crippen LogP contribution in [0.15, 0.2) is 17.6 Å². The van der Waals surface area contributed by atoms with Gasteiger partial charge in [0.25, 0.3) is 0 Å². The van der Waals surface area contributed by atoms with Gasteiger partial charge in [-0.1, -0.05) is 26.8 Å². The molecule has 2 N–H and O–H groups in total. The van der Waals surface area contributed by atoms with Crippen LogP contribution >= 0.6 is 0 Å². The van der Waals surface area contributed by atoms with Crippen molar-refractivity contribution in [2.75, 3.05) is 40.3 Å². The summed E-state index contributed by atoms with van der Waals surface area (Å²) in [5.74, 6) is 1.05. The van der Waals surface area contributed by atoms with Crippen molar-refractivity contribution in [3.8, 4) is 0 Å².